The Kier molecular flexibility index (Phi) is 10.2. The second-order valence-electron chi connectivity index (χ2n) is 7.23. The standard InChI is InChI=1S/C24H35NO4/c1-8-17(3)21(26)18(4)13-11-9-10-12-16(2)14-15-20-19(5)22(27)23(28-6)24(25-20)29-7/h8-11,13-14,18,21,26H,12,15H2,1-7H3,(H,25,27)/t18-,21-/m0/s1. The molecule has 0 aliphatic carbocycles. The quantitative estimate of drug-likeness (QED) is 0.442. The van der Waals surface area contributed by atoms with Gasteiger partial charge >= 0.3 is 0 Å². The molecule has 0 radical (unpaired) electrons. The topological polar surface area (TPSA) is 71.6 Å². The number of pyridine rings is 1. The van der Waals surface area contributed by atoms with Crippen LogP contribution in [0.1, 0.15) is 45.4 Å². The Morgan fingerprint density at radius 3 is 2.48 bits per heavy atom. The third-order valence-corrected chi connectivity index (χ3v) is 5.05. The van der Waals surface area contributed by atoms with E-state index in [4.69, 9.17) is 9.47 Å². The number of rotatable bonds is 10. The van der Waals surface area contributed by atoms with Gasteiger partial charge in [-0.15, -0.1) is 0 Å². The van der Waals surface area contributed by atoms with Crippen LogP contribution in [0.15, 0.2) is 52.4 Å². The maximum absolute atomic E-state index is 12.4. The first-order valence-corrected chi connectivity index (χ1v) is 9.90. The molecule has 5 heteroatoms. The summed E-state index contributed by atoms with van der Waals surface area (Å²) < 4.78 is 10.4. The smallest absolute Gasteiger partial charge is 0.238 e. The summed E-state index contributed by atoms with van der Waals surface area (Å²) in [5.41, 5.74) is 3.47. The van der Waals surface area contributed by atoms with Crippen LogP contribution in [-0.4, -0.2) is 30.4 Å². The molecule has 29 heavy (non-hydrogen) atoms. The van der Waals surface area contributed by atoms with Gasteiger partial charge in [-0.2, -0.15) is 0 Å². The van der Waals surface area contributed by atoms with E-state index in [-0.39, 0.29) is 17.1 Å². The molecule has 1 aromatic rings. The summed E-state index contributed by atoms with van der Waals surface area (Å²) in [7, 11) is 2.96. The minimum atomic E-state index is -0.446. The predicted molar refractivity (Wildman–Crippen MR) is 120 cm³/mol. The number of hydrogen-bond acceptors (Lipinski definition) is 4. The zero-order valence-electron chi connectivity index (χ0n) is 18.7. The molecule has 0 aliphatic heterocycles. The van der Waals surface area contributed by atoms with Crippen molar-refractivity contribution in [2.75, 3.05) is 14.2 Å². The second-order valence-corrected chi connectivity index (χ2v) is 7.23. The van der Waals surface area contributed by atoms with E-state index >= 15 is 0 Å². The molecule has 0 aliphatic rings. The lowest BCUT2D eigenvalue weighted by Gasteiger charge is -2.15. The Morgan fingerprint density at radius 1 is 1.21 bits per heavy atom. The van der Waals surface area contributed by atoms with E-state index in [1.54, 1.807) is 6.92 Å². The van der Waals surface area contributed by atoms with Crippen molar-refractivity contribution >= 4 is 0 Å². The Morgan fingerprint density at radius 2 is 1.90 bits per heavy atom. The van der Waals surface area contributed by atoms with Crippen LogP contribution in [0.25, 0.3) is 0 Å². The van der Waals surface area contributed by atoms with Crippen LogP contribution in [-0.2, 0) is 6.42 Å². The summed E-state index contributed by atoms with van der Waals surface area (Å²) in [6, 6.07) is 0. The van der Waals surface area contributed by atoms with E-state index in [1.165, 1.54) is 19.8 Å². The Balaban J connectivity index is 2.72. The molecule has 160 valence electrons. The highest BCUT2D eigenvalue weighted by Crippen LogP contribution is 2.22. The van der Waals surface area contributed by atoms with Crippen molar-refractivity contribution in [1.29, 1.82) is 0 Å². The van der Waals surface area contributed by atoms with Crippen LogP contribution >= 0.6 is 0 Å². The fourth-order valence-corrected chi connectivity index (χ4v) is 2.85. The number of methoxy groups -OCH3 is 2. The fraction of sp³-hybridized carbons (Fsp3) is 0.458. The van der Waals surface area contributed by atoms with Crippen LogP contribution in [0.3, 0.4) is 0 Å². The van der Waals surface area contributed by atoms with Gasteiger partial charge in [0.25, 0.3) is 0 Å². The van der Waals surface area contributed by atoms with Crippen LogP contribution in [0.5, 0.6) is 11.6 Å². The molecule has 0 unspecified atom stereocenters. The molecule has 1 rings (SSSR count). The summed E-state index contributed by atoms with van der Waals surface area (Å²) in [4.78, 5) is 15.5. The maximum atomic E-state index is 12.4. The van der Waals surface area contributed by atoms with Gasteiger partial charge in [-0.05, 0) is 39.7 Å². The lowest BCUT2D eigenvalue weighted by Crippen LogP contribution is -2.16. The summed E-state index contributed by atoms with van der Waals surface area (Å²) >= 11 is 0. The number of allylic oxidation sites excluding steroid dienone is 6. The number of aromatic amines is 1. The maximum Gasteiger partial charge on any atom is 0.238 e. The van der Waals surface area contributed by atoms with Crippen molar-refractivity contribution in [1.82, 2.24) is 4.98 Å². The van der Waals surface area contributed by atoms with Crippen LogP contribution in [0, 0.1) is 12.8 Å². The Bertz CT molecular complexity index is 843. The number of nitrogens with one attached hydrogen (secondary N) is 1. The molecular weight excluding hydrogens is 366 g/mol. The largest absolute Gasteiger partial charge is 0.488 e. The van der Waals surface area contributed by atoms with Gasteiger partial charge in [-0.1, -0.05) is 49.0 Å². The molecule has 0 amide bonds. The number of ether oxygens (including phenoxy) is 2. The minimum Gasteiger partial charge on any atom is -0.488 e. The van der Waals surface area contributed by atoms with Crippen LogP contribution in [0.2, 0.25) is 0 Å². The summed E-state index contributed by atoms with van der Waals surface area (Å²) in [6.45, 7) is 9.72. The Labute approximate surface area is 174 Å². The molecule has 0 saturated heterocycles. The first-order chi connectivity index (χ1) is 13.8. The number of aromatic nitrogens is 1. The minimum absolute atomic E-state index is 0.0670. The molecule has 0 bridgehead atoms. The molecule has 0 fully saturated rings. The molecule has 0 spiro atoms. The molecule has 0 aromatic carbocycles. The molecule has 1 heterocycles. The van der Waals surface area contributed by atoms with Gasteiger partial charge in [-0.25, -0.2) is 0 Å². The van der Waals surface area contributed by atoms with Crippen molar-refractivity contribution in [2.45, 2.75) is 53.6 Å². The molecule has 2 atom stereocenters. The monoisotopic (exact) mass is 401 g/mol. The lowest BCUT2D eigenvalue weighted by molar-refractivity contribution is 0.173. The number of aliphatic hydroxyl groups is 1. The van der Waals surface area contributed by atoms with E-state index in [9.17, 15) is 9.90 Å². The normalized spacial score (nSPS) is 15.2. The Hall–Kier alpha value is -2.53. The lowest BCUT2D eigenvalue weighted by atomic mass is 9.98. The molecule has 5 nitrogen and oxygen atoms in total. The van der Waals surface area contributed by atoms with Gasteiger partial charge in [-0.3, -0.25) is 4.79 Å². The van der Waals surface area contributed by atoms with Crippen molar-refractivity contribution in [2.24, 2.45) is 5.92 Å². The van der Waals surface area contributed by atoms with E-state index in [0.717, 1.165) is 17.7 Å². The first kappa shape index (κ1) is 24.5. The van der Waals surface area contributed by atoms with Gasteiger partial charge in [0.1, 0.15) is 0 Å². The van der Waals surface area contributed by atoms with E-state index in [1.807, 2.05) is 45.1 Å². The van der Waals surface area contributed by atoms with Gasteiger partial charge in [0, 0.05) is 23.6 Å². The highest BCUT2D eigenvalue weighted by molar-refractivity contribution is 5.40. The summed E-state index contributed by atoms with van der Waals surface area (Å²) in [5, 5.41) is 10.1. The summed E-state index contributed by atoms with van der Waals surface area (Å²) in [6.07, 6.45) is 13.1. The number of hydrogen-bond donors (Lipinski definition) is 2. The molecule has 1 aromatic heterocycles. The average Bonchev–Trinajstić information content (AvgIpc) is 2.72. The molecular formula is C24H35NO4. The average molecular weight is 402 g/mol. The van der Waals surface area contributed by atoms with E-state index in [0.29, 0.717) is 17.9 Å². The molecule has 0 saturated carbocycles. The second kappa shape index (κ2) is 12.1. The van der Waals surface area contributed by atoms with Crippen LogP contribution in [0.4, 0.5) is 0 Å². The highest BCUT2D eigenvalue weighted by Gasteiger charge is 2.14. The molecule has 2 N–H and O–H groups in total. The van der Waals surface area contributed by atoms with Crippen molar-refractivity contribution < 1.29 is 14.6 Å². The third kappa shape index (κ3) is 7.09. The van der Waals surface area contributed by atoms with Gasteiger partial charge < -0.3 is 19.6 Å². The predicted octanol–water partition coefficient (Wildman–Crippen LogP) is 4.66. The zero-order valence-corrected chi connectivity index (χ0v) is 18.7. The highest BCUT2D eigenvalue weighted by atomic mass is 16.5. The van der Waals surface area contributed by atoms with Gasteiger partial charge in [0.15, 0.2) is 0 Å². The summed E-state index contributed by atoms with van der Waals surface area (Å²) in [5.74, 6) is 0.615. The van der Waals surface area contributed by atoms with Crippen molar-refractivity contribution in [3.63, 3.8) is 0 Å². The van der Waals surface area contributed by atoms with Gasteiger partial charge in [0.05, 0.1) is 20.3 Å². The van der Waals surface area contributed by atoms with Crippen molar-refractivity contribution in [3.05, 3.63) is 69.1 Å². The van der Waals surface area contributed by atoms with Crippen molar-refractivity contribution in [3.8, 4) is 11.6 Å². The SMILES string of the molecule is CC=C(C)[C@H](O)[C@@H](C)C=CC=CCC(C)=CCc1[nH]c(OC)c(OC)c(=O)c1C. The third-order valence-electron chi connectivity index (χ3n) is 5.05. The van der Waals surface area contributed by atoms with Crippen LogP contribution < -0.4 is 14.9 Å². The first-order valence-electron chi connectivity index (χ1n) is 9.90. The number of H-pyrrole nitrogens is 1. The van der Waals surface area contributed by atoms with Gasteiger partial charge in [0.2, 0.25) is 17.1 Å². The number of aliphatic hydroxyl groups excluding tert-OH is 1. The zero-order chi connectivity index (χ0) is 22.0. The van der Waals surface area contributed by atoms with E-state index < -0.39 is 6.10 Å². The fourth-order valence-electron chi connectivity index (χ4n) is 2.85. The van der Waals surface area contributed by atoms with E-state index in [2.05, 4.69) is 24.1 Å².